The molecule has 2 aromatic carbocycles. The van der Waals surface area contributed by atoms with E-state index < -0.39 is 9.84 Å². The van der Waals surface area contributed by atoms with Crippen LogP contribution in [0.25, 0.3) is 0 Å². The van der Waals surface area contributed by atoms with E-state index in [0.717, 1.165) is 5.69 Å². The van der Waals surface area contributed by atoms with E-state index in [-0.39, 0.29) is 23.5 Å². The zero-order chi connectivity index (χ0) is 17.2. The molecule has 3 rings (SSSR count). The van der Waals surface area contributed by atoms with Crippen LogP contribution in [0.1, 0.15) is 16.8 Å². The lowest BCUT2D eigenvalue weighted by atomic mass is 10.2. The molecule has 1 amide bonds. The molecule has 1 unspecified atom stereocenters. The van der Waals surface area contributed by atoms with E-state index in [4.69, 9.17) is 11.6 Å². The number of carbonyl (C=O) groups excluding carboxylic acids is 1. The molecule has 7 heteroatoms. The van der Waals surface area contributed by atoms with Gasteiger partial charge in [0.25, 0.3) is 5.91 Å². The number of hydrogen-bond acceptors (Lipinski definition) is 4. The highest BCUT2D eigenvalue weighted by Gasteiger charge is 2.27. The van der Waals surface area contributed by atoms with Crippen molar-refractivity contribution in [2.75, 3.05) is 22.1 Å². The zero-order valence-corrected chi connectivity index (χ0v) is 14.4. The fraction of sp³-hybridized carbons (Fsp3) is 0.235. The van der Waals surface area contributed by atoms with Gasteiger partial charge < -0.3 is 10.6 Å². The third-order valence-electron chi connectivity index (χ3n) is 3.85. The minimum absolute atomic E-state index is 0.0514. The molecule has 24 heavy (non-hydrogen) atoms. The molecule has 1 aliphatic heterocycles. The summed E-state index contributed by atoms with van der Waals surface area (Å²) in [6, 6.07) is 13.8. The van der Waals surface area contributed by atoms with E-state index in [1.807, 2.05) is 12.1 Å². The van der Waals surface area contributed by atoms with Crippen molar-refractivity contribution in [2.45, 2.75) is 12.5 Å². The predicted molar refractivity (Wildman–Crippen MR) is 96.5 cm³/mol. The molecule has 1 atom stereocenters. The number of nitrogens with one attached hydrogen (secondary N) is 2. The van der Waals surface area contributed by atoms with Crippen molar-refractivity contribution in [2.24, 2.45) is 0 Å². The van der Waals surface area contributed by atoms with Gasteiger partial charge in [0.05, 0.1) is 11.5 Å². The highest BCUT2D eigenvalue weighted by atomic mass is 35.5. The lowest BCUT2D eigenvalue weighted by Gasteiger charge is -2.13. The number of anilines is 2. The summed E-state index contributed by atoms with van der Waals surface area (Å²) < 4.78 is 22.9. The SMILES string of the molecule is O=C(Nc1ccc(NC2CCS(=O)(=O)C2)cc1)c1ccc(Cl)cc1. The highest BCUT2D eigenvalue weighted by Crippen LogP contribution is 2.20. The van der Waals surface area contributed by atoms with E-state index in [1.54, 1.807) is 36.4 Å². The third kappa shape index (κ3) is 4.27. The molecule has 1 heterocycles. The van der Waals surface area contributed by atoms with Crippen LogP contribution in [0.3, 0.4) is 0 Å². The van der Waals surface area contributed by atoms with Gasteiger partial charge in [-0.1, -0.05) is 11.6 Å². The molecule has 0 aliphatic carbocycles. The Kier molecular flexibility index (Phi) is 4.78. The summed E-state index contributed by atoms with van der Waals surface area (Å²) in [7, 11) is -2.90. The standard InChI is InChI=1S/C17H17ClN2O3S/c18-13-3-1-12(2-4-13)17(21)20-15-7-5-14(6-8-15)19-16-9-10-24(22,23)11-16/h1-8,16,19H,9-11H2,(H,20,21). The van der Waals surface area contributed by atoms with Crippen LogP contribution < -0.4 is 10.6 Å². The van der Waals surface area contributed by atoms with Crippen LogP contribution in [0.4, 0.5) is 11.4 Å². The second kappa shape index (κ2) is 6.83. The average Bonchev–Trinajstić information content (AvgIpc) is 2.88. The molecule has 0 saturated carbocycles. The lowest BCUT2D eigenvalue weighted by Crippen LogP contribution is -2.20. The summed E-state index contributed by atoms with van der Waals surface area (Å²) in [5.74, 6) is 0.191. The van der Waals surface area contributed by atoms with Gasteiger partial charge in [-0.15, -0.1) is 0 Å². The van der Waals surface area contributed by atoms with Crippen LogP contribution in [0.15, 0.2) is 48.5 Å². The van der Waals surface area contributed by atoms with Crippen LogP contribution in [-0.4, -0.2) is 31.9 Å². The molecule has 2 N–H and O–H groups in total. The summed E-state index contributed by atoms with van der Waals surface area (Å²) in [6.07, 6.45) is 0.622. The fourth-order valence-electron chi connectivity index (χ4n) is 2.60. The molecule has 0 aromatic heterocycles. The van der Waals surface area contributed by atoms with Crippen LogP contribution in [-0.2, 0) is 9.84 Å². The van der Waals surface area contributed by atoms with Crippen LogP contribution in [0.2, 0.25) is 5.02 Å². The zero-order valence-electron chi connectivity index (χ0n) is 12.8. The predicted octanol–water partition coefficient (Wildman–Crippen LogP) is 3.19. The molecule has 0 bridgehead atoms. The Labute approximate surface area is 145 Å². The number of benzene rings is 2. The lowest BCUT2D eigenvalue weighted by molar-refractivity contribution is 0.102. The Morgan fingerprint density at radius 2 is 1.62 bits per heavy atom. The normalized spacial score (nSPS) is 19.0. The number of sulfone groups is 1. The van der Waals surface area contributed by atoms with Gasteiger partial charge in [0.2, 0.25) is 0 Å². The summed E-state index contributed by atoms with van der Waals surface area (Å²) in [6.45, 7) is 0. The maximum absolute atomic E-state index is 12.1. The van der Waals surface area contributed by atoms with Crippen molar-refractivity contribution < 1.29 is 13.2 Å². The second-order valence-electron chi connectivity index (χ2n) is 5.78. The molecular formula is C17H17ClN2O3S. The quantitative estimate of drug-likeness (QED) is 0.873. The Hall–Kier alpha value is -2.05. The largest absolute Gasteiger partial charge is 0.381 e. The number of hydrogen-bond donors (Lipinski definition) is 2. The summed E-state index contributed by atoms with van der Waals surface area (Å²) in [4.78, 5) is 12.1. The first-order valence-corrected chi connectivity index (χ1v) is 9.75. The first kappa shape index (κ1) is 16.8. The van der Waals surface area contributed by atoms with E-state index in [2.05, 4.69) is 10.6 Å². The minimum Gasteiger partial charge on any atom is -0.381 e. The monoisotopic (exact) mass is 364 g/mol. The molecule has 0 spiro atoms. The number of halogens is 1. The molecular weight excluding hydrogens is 348 g/mol. The van der Waals surface area contributed by atoms with Crippen molar-refractivity contribution in [3.63, 3.8) is 0 Å². The molecule has 0 radical (unpaired) electrons. The smallest absolute Gasteiger partial charge is 0.255 e. The topological polar surface area (TPSA) is 75.3 Å². The first-order chi connectivity index (χ1) is 11.4. The third-order valence-corrected chi connectivity index (χ3v) is 5.87. The fourth-order valence-corrected chi connectivity index (χ4v) is 4.40. The van der Waals surface area contributed by atoms with Gasteiger partial charge >= 0.3 is 0 Å². The Balaban J connectivity index is 1.60. The average molecular weight is 365 g/mol. The molecule has 126 valence electrons. The van der Waals surface area contributed by atoms with E-state index >= 15 is 0 Å². The van der Waals surface area contributed by atoms with E-state index in [0.29, 0.717) is 22.7 Å². The van der Waals surface area contributed by atoms with Crippen molar-refractivity contribution in [3.05, 3.63) is 59.1 Å². The van der Waals surface area contributed by atoms with Crippen LogP contribution >= 0.6 is 11.6 Å². The van der Waals surface area contributed by atoms with Gasteiger partial charge in [-0.2, -0.15) is 0 Å². The van der Waals surface area contributed by atoms with Crippen LogP contribution in [0, 0.1) is 0 Å². The molecule has 2 aromatic rings. The van der Waals surface area contributed by atoms with Crippen LogP contribution in [0.5, 0.6) is 0 Å². The Morgan fingerprint density at radius 3 is 2.21 bits per heavy atom. The maximum Gasteiger partial charge on any atom is 0.255 e. The number of carbonyl (C=O) groups is 1. The van der Waals surface area contributed by atoms with Gasteiger partial charge in [0.1, 0.15) is 0 Å². The Morgan fingerprint density at radius 1 is 1.00 bits per heavy atom. The first-order valence-electron chi connectivity index (χ1n) is 7.55. The van der Waals surface area contributed by atoms with Crippen molar-refractivity contribution in [1.82, 2.24) is 0 Å². The summed E-state index contributed by atoms with van der Waals surface area (Å²) in [5, 5.41) is 6.59. The van der Waals surface area contributed by atoms with Crippen molar-refractivity contribution in [1.29, 1.82) is 0 Å². The maximum atomic E-state index is 12.1. The van der Waals surface area contributed by atoms with E-state index in [9.17, 15) is 13.2 Å². The Bertz CT molecular complexity index is 833. The molecule has 1 aliphatic rings. The number of amides is 1. The van der Waals surface area contributed by atoms with Crippen molar-refractivity contribution in [3.8, 4) is 0 Å². The van der Waals surface area contributed by atoms with Gasteiger partial charge in [0, 0.05) is 28.0 Å². The van der Waals surface area contributed by atoms with E-state index in [1.165, 1.54) is 0 Å². The van der Waals surface area contributed by atoms with Gasteiger partial charge in [0.15, 0.2) is 9.84 Å². The number of rotatable bonds is 4. The van der Waals surface area contributed by atoms with Gasteiger partial charge in [-0.3, -0.25) is 4.79 Å². The molecule has 1 saturated heterocycles. The summed E-state index contributed by atoms with van der Waals surface area (Å²) in [5.41, 5.74) is 2.03. The summed E-state index contributed by atoms with van der Waals surface area (Å²) >= 11 is 5.81. The highest BCUT2D eigenvalue weighted by molar-refractivity contribution is 7.91. The van der Waals surface area contributed by atoms with Gasteiger partial charge in [-0.25, -0.2) is 8.42 Å². The van der Waals surface area contributed by atoms with Crippen molar-refractivity contribution >= 4 is 38.7 Å². The minimum atomic E-state index is -2.90. The second-order valence-corrected chi connectivity index (χ2v) is 8.45. The molecule has 5 nitrogen and oxygen atoms in total. The molecule has 1 fully saturated rings. The van der Waals surface area contributed by atoms with Gasteiger partial charge in [-0.05, 0) is 55.0 Å².